The summed E-state index contributed by atoms with van der Waals surface area (Å²) in [5.41, 5.74) is 1.67. The van der Waals surface area contributed by atoms with Gasteiger partial charge in [-0.1, -0.05) is 27.4 Å². The van der Waals surface area contributed by atoms with Crippen LogP contribution in [-0.2, 0) is 0 Å². The quantitative estimate of drug-likeness (QED) is 0.677. The van der Waals surface area contributed by atoms with Crippen LogP contribution >= 0.6 is 0 Å². The Bertz CT molecular complexity index is 211. The summed E-state index contributed by atoms with van der Waals surface area (Å²) in [7, 11) is 2.17. The van der Waals surface area contributed by atoms with E-state index in [0.717, 1.165) is 25.7 Å². The van der Waals surface area contributed by atoms with Gasteiger partial charge in [-0.2, -0.15) is 0 Å². The summed E-state index contributed by atoms with van der Waals surface area (Å²) < 4.78 is 0. The van der Waals surface area contributed by atoms with E-state index < -0.39 is 0 Å². The summed E-state index contributed by atoms with van der Waals surface area (Å²) in [4.78, 5) is 2.36. The Kier molecular flexibility index (Phi) is 4.35. The van der Waals surface area contributed by atoms with Crippen molar-refractivity contribution in [3.8, 4) is 0 Å². The minimum Gasteiger partial charge on any atom is -0.310 e. The summed E-state index contributed by atoms with van der Waals surface area (Å²) in [5.74, 6) is 0. The maximum absolute atomic E-state index is 4.12. The monoisotopic (exact) mass is 210 g/mol. The standard InChI is InChI=1S/C13H26N2/c1-11(8-14-12-6-7-12)9-15(5)10-13(2,3)4/h12,14H,1,6-10H2,2-5H3. The number of nitrogens with one attached hydrogen (secondary N) is 1. The summed E-state index contributed by atoms with van der Waals surface area (Å²) in [5, 5.41) is 3.50. The Labute approximate surface area is 94.7 Å². The highest BCUT2D eigenvalue weighted by Crippen LogP contribution is 2.19. The molecule has 0 radical (unpaired) electrons. The topological polar surface area (TPSA) is 15.3 Å². The normalized spacial score (nSPS) is 17.1. The molecule has 1 N–H and O–H groups in total. The second-order valence-electron chi connectivity index (χ2n) is 6.14. The average molecular weight is 210 g/mol. The van der Waals surface area contributed by atoms with Crippen molar-refractivity contribution in [1.29, 1.82) is 0 Å². The lowest BCUT2D eigenvalue weighted by Crippen LogP contribution is -2.33. The zero-order valence-electron chi connectivity index (χ0n) is 10.8. The minimum absolute atomic E-state index is 0.374. The van der Waals surface area contributed by atoms with Crippen LogP contribution in [0.5, 0.6) is 0 Å². The molecule has 88 valence electrons. The summed E-state index contributed by atoms with van der Waals surface area (Å²) in [6.45, 7) is 14.1. The van der Waals surface area contributed by atoms with Crippen LogP contribution in [0, 0.1) is 5.41 Å². The van der Waals surface area contributed by atoms with Crippen LogP contribution in [0.4, 0.5) is 0 Å². The van der Waals surface area contributed by atoms with Crippen LogP contribution in [0.2, 0.25) is 0 Å². The van der Waals surface area contributed by atoms with Crippen LogP contribution in [0.15, 0.2) is 12.2 Å². The van der Waals surface area contributed by atoms with Crippen molar-refractivity contribution in [3.05, 3.63) is 12.2 Å². The molecule has 0 spiro atoms. The van der Waals surface area contributed by atoms with Crippen LogP contribution in [0.1, 0.15) is 33.6 Å². The molecule has 0 aromatic heterocycles. The van der Waals surface area contributed by atoms with Crippen LogP contribution < -0.4 is 5.32 Å². The lowest BCUT2D eigenvalue weighted by molar-refractivity contribution is 0.240. The molecule has 2 nitrogen and oxygen atoms in total. The van der Waals surface area contributed by atoms with E-state index >= 15 is 0 Å². The zero-order chi connectivity index (χ0) is 11.5. The Balaban J connectivity index is 2.12. The zero-order valence-corrected chi connectivity index (χ0v) is 10.8. The van der Waals surface area contributed by atoms with Gasteiger partial charge < -0.3 is 10.2 Å². The van der Waals surface area contributed by atoms with Crippen LogP contribution in [0.25, 0.3) is 0 Å². The molecule has 1 aliphatic carbocycles. The molecule has 0 aromatic rings. The van der Waals surface area contributed by atoms with Crippen LogP contribution in [-0.4, -0.2) is 37.6 Å². The fourth-order valence-corrected chi connectivity index (χ4v) is 1.88. The van der Waals surface area contributed by atoms with E-state index in [2.05, 4.69) is 44.6 Å². The Morgan fingerprint density at radius 1 is 1.40 bits per heavy atom. The van der Waals surface area contributed by atoms with Gasteiger partial charge >= 0.3 is 0 Å². The Hall–Kier alpha value is -0.340. The molecular formula is C13H26N2. The predicted octanol–water partition coefficient (Wildman–Crippen LogP) is 2.27. The molecule has 0 atom stereocenters. The van der Waals surface area contributed by atoms with Gasteiger partial charge in [-0.15, -0.1) is 0 Å². The summed E-state index contributed by atoms with van der Waals surface area (Å²) in [6, 6.07) is 0.787. The van der Waals surface area contributed by atoms with Crippen molar-refractivity contribution in [2.75, 3.05) is 26.7 Å². The third-order valence-electron chi connectivity index (χ3n) is 2.46. The lowest BCUT2D eigenvalue weighted by atomic mass is 9.96. The number of hydrogen-bond donors (Lipinski definition) is 1. The molecule has 0 aliphatic heterocycles. The van der Waals surface area contributed by atoms with Crippen molar-refractivity contribution in [1.82, 2.24) is 10.2 Å². The number of nitrogens with zero attached hydrogens (tertiary/aromatic N) is 1. The SMILES string of the molecule is C=C(CNC1CC1)CN(C)CC(C)(C)C. The molecule has 15 heavy (non-hydrogen) atoms. The van der Waals surface area contributed by atoms with Crippen molar-refractivity contribution in [2.45, 2.75) is 39.7 Å². The van der Waals surface area contributed by atoms with Crippen molar-refractivity contribution in [3.63, 3.8) is 0 Å². The van der Waals surface area contributed by atoms with Gasteiger partial charge in [0.05, 0.1) is 0 Å². The average Bonchev–Trinajstić information content (AvgIpc) is 2.79. The third-order valence-corrected chi connectivity index (χ3v) is 2.46. The van der Waals surface area contributed by atoms with Crippen LogP contribution in [0.3, 0.4) is 0 Å². The van der Waals surface area contributed by atoms with Gasteiger partial charge in [-0.3, -0.25) is 0 Å². The van der Waals surface area contributed by atoms with Crippen molar-refractivity contribution >= 4 is 0 Å². The molecule has 0 saturated heterocycles. The van der Waals surface area contributed by atoms with Gasteiger partial charge in [-0.05, 0) is 30.9 Å². The smallest absolute Gasteiger partial charge is 0.0200 e. The first kappa shape index (κ1) is 12.7. The highest BCUT2D eigenvalue weighted by atomic mass is 15.1. The molecule has 0 amide bonds. The second-order valence-corrected chi connectivity index (χ2v) is 6.14. The predicted molar refractivity (Wildman–Crippen MR) is 67.1 cm³/mol. The third kappa shape index (κ3) is 6.69. The first-order valence-corrected chi connectivity index (χ1v) is 5.95. The minimum atomic E-state index is 0.374. The highest BCUT2D eigenvalue weighted by Gasteiger charge is 2.20. The Morgan fingerprint density at radius 3 is 2.47 bits per heavy atom. The second kappa shape index (κ2) is 5.13. The first-order valence-electron chi connectivity index (χ1n) is 5.95. The number of rotatable bonds is 6. The van der Waals surface area contributed by atoms with Gasteiger partial charge in [0.1, 0.15) is 0 Å². The fourth-order valence-electron chi connectivity index (χ4n) is 1.88. The van der Waals surface area contributed by atoms with E-state index in [-0.39, 0.29) is 0 Å². The molecule has 0 bridgehead atoms. The highest BCUT2D eigenvalue weighted by molar-refractivity contribution is 5.01. The maximum atomic E-state index is 4.12. The van der Waals surface area contributed by atoms with Crippen molar-refractivity contribution < 1.29 is 0 Å². The van der Waals surface area contributed by atoms with E-state index in [1.165, 1.54) is 18.4 Å². The molecule has 1 rings (SSSR count). The van der Waals surface area contributed by atoms with E-state index in [9.17, 15) is 0 Å². The molecule has 2 heteroatoms. The van der Waals surface area contributed by atoms with Gasteiger partial charge in [0.2, 0.25) is 0 Å². The largest absolute Gasteiger partial charge is 0.310 e. The molecule has 1 saturated carbocycles. The molecule has 1 aliphatic rings. The van der Waals surface area contributed by atoms with E-state index in [1.54, 1.807) is 0 Å². The molecule has 0 unspecified atom stereocenters. The maximum Gasteiger partial charge on any atom is 0.0200 e. The Morgan fingerprint density at radius 2 is 2.00 bits per heavy atom. The first-order chi connectivity index (χ1) is 6.87. The molecule has 0 aromatic carbocycles. The van der Waals surface area contributed by atoms with Gasteiger partial charge in [0, 0.05) is 25.7 Å². The number of likely N-dealkylation sites (N-methyl/N-ethyl adjacent to an activating group) is 1. The van der Waals surface area contributed by atoms with Gasteiger partial charge in [-0.25, -0.2) is 0 Å². The van der Waals surface area contributed by atoms with E-state index in [0.29, 0.717) is 5.41 Å². The number of hydrogen-bond acceptors (Lipinski definition) is 2. The van der Waals surface area contributed by atoms with E-state index in [4.69, 9.17) is 0 Å². The van der Waals surface area contributed by atoms with Crippen molar-refractivity contribution in [2.24, 2.45) is 5.41 Å². The summed E-state index contributed by atoms with van der Waals surface area (Å²) >= 11 is 0. The fraction of sp³-hybridized carbons (Fsp3) is 0.846. The summed E-state index contributed by atoms with van der Waals surface area (Å²) in [6.07, 6.45) is 2.70. The van der Waals surface area contributed by atoms with Gasteiger partial charge in [0.15, 0.2) is 0 Å². The molecule has 0 heterocycles. The molecular weight excluding hydrogens is 184 g/mol. The van der Waals surface area contributed by atoms with E-state index in [1.807, 2.05) is 0 Å². The van der Waals surface area contributed by atoms with Gasteiger partial charge in [0.25, 0.3) is 0 Å². The molecule has 1 fully saturated rings. The lowest BCUT2D eigenvalue weighted by Gasteiger charge is -2.27.